The lowest BCUT2D eigenvalue weighted by molar-refractivity contribution is -0.137. The smallest absolute Gasteiger partial charge is 0.325 e. The van der Waals surface area contributed by atoms with Crippen molar-refractivity contribution in [2.75, 3.05) is 10.6 Å². The predicted molar refractivity (Wildman–Crippen MR) is 131 cm³/mol. The molecule has 0 aliphatic heterocycles. The molecule has 3 aromatic rings. The Kier molecular flexibility index (Phi) is 8.28. The molecular weight excluding hydrogens is 485 g/mol. The first-order valence-electron chi connectivity index (χ1n) is 10.4. The summed E-state index contributed by atoms with van der Waals surface area (Å²) in [5.41, 5.74) is 0.674. The molecule has 1 atom stereocenters. The fourth-order valence-corrected chi connectivity index (χ4v) is 4.38. The van der Waals surface area contributed by atoms with E-state index in [1.165, 1.54) is 17.8 Å². The van der Waals surface area contributed by atoms with Gasteiger partial charge in [0.15, 0.2) is 0 Å². The summed E-state index contributed by atoms with van der Waals surface area (Å²) in [6.45, 7) is 3.67. The van der Waals surface area contributed by atoms with Crippen molar-refractivity contribution in [3.05, 3.63) is 88.4 Å². The van der Waals surface area contributed by atoms with E-state index in [0.717, 1.165) is 17.7 Å². The molecule has 3 aromatic carbocycles. The van der Waals surface area contributed by atoms with Gasteiger partial charge in [-0.25, -0.2) is 0 Å². The normalized spacial score (nSPS) is 12.2. The number of carbonyl (C=O) groups is 2. The van der Waals surface area contributed by atoms with Gasteiger partial charge in [0.1, 0.15) is 0 Å². The van der Waals surface area contributed by atoms with Crippen molar-refractivity contribution in [1.29, 1.82) is 0 Å². The first-order chi connectivity index (χ1) is 16.1. The summed E-state index contributed by atoms with van der Waals surface area (Å²) in [6.07, 6.45) is -4.28. The number of carbonyl (C=O) groups excluding carboxylic acids is 2. The largest absolute Gasteiger partial charge is 0.418 e. The minimum Gasteiger partial charge on any atom is -0.325 e. The molecule has 0 fully saturated rings. The second-order valence-electron chi connectivity index (χ2n) is 7.54. The summed E-state index contributed by atoms with van der Waals surface area (Å²) in [7, 11) is 0. The lowest BCUT2D eigenvalue weighted by Crippen LogP contribution is -2.26. The third kappa shape index (κ3) is 6.77. The second-order valence-corrected chi connectivity index (χ2v) is 9.26. The molecule has 9 heteroatoms. The van der Waals surface area contributed by atoms with Crippen molar-refractivity contribution in [3.8, 4) is 0 Å². The zero-order valence-corrected chi connectivity index (χ0v) is 19.9. The van der Waals surface area contributed by atoms with Gasteiger partial charge in [-0.3, -0.25) is 9.59 Å². The number of rotatable bonds is 7. The first kappa shape index (κ1) is 25.6. The van der Waals surface area contributed by atoms with Crippen LogP contribution in [0.25, 0.3) is 0 Å². The number of halogens is 4. The van der Waals surface area contributed by atoms with E-state index < -0.39 is 22.9 Å². The van der Waals surface area contributed by atoms with Crippen molar-refractivity contribution in [2.45, 2.75) is 36.6 Å². The van der Waals surface area contributed by atoms with Gasteiger partial charge in [-0.1, -0.05) is 42.3 Å². The minimum atomic E-state index is -4.66. The molecule has 0 aliphatic carbocycles. The molecule has 178 valence electrons. The van der Waals surface area contributed by atoms with Crippen molar-refractivity contribution < 1.29 is 22.8 Å². The van der Waals surface area contributed by atoms with Crippen LogP contribution >= 0.6 is 23.4 Å². The standard InChI is InChI=1S/C25H22ClF3N2O2S/c1-3-22(24(33)31-21-11-10-17(26)13-20(21)25(27,28)29)34-19-9-5-8-18(14-19)30-23(32)16-7-4-6-15(2)12-16/h4-14,22H,3H2,1-2H3,(H,30,32)(H,31,33). The van der Waals surface area contributed by atoms with Gasteiger partial charge in [-0.2, -0.15) is 13.2 Å². The Morgan fingerprint density at radius 1 is 1.00 bits per heavy atom. The van der Waals surface area contributed by atoms with Gasteiger partial charge in [0.2, 0.25) is 5.91 Å². The number of nitrogens with one attached hydrogen (secondary N) is 2. The number of hydrogen-bond donors (Lipinski definition) is 2. The number of thioether (sulfide) groups is 1. The number of alkyl halides is 3. The zero-order valence-electron chi connectivity index (χ0n) is 18.4. The van der Waals surface area contributed by atoms with Gasteiger partial charge in [-0.05, 0) is 61.9 Å². The fourth-order valence-electron chi connectivity index (χ4n) is 3.20. The second kappa shape index (κ2) is 11.0. The Bertz CT molecular complexity index is 1200. The van der Waals surface area contributed by atoms with Crippen LogP contribution < -0.4 is 10.6 Å². The van der Waals surface area contributed by atoms with Gasteiger partial charge < -0.3 is 10.6 Å². The van der Waals surface area contributed by atoms with Gasteiger partial charge in [0.05, 0.1) is 16.5 Å². The van der Waals surface area contributed by atoms with Crippen LogP contribution in [0.1, 0.15) is 34.8 Å². The average Bonchev–Trinajstić information content (AvgIpc) is 2.78. The zero-order chi connectivity index (χ0) is 24.9. The molecular formula is C25H22ClF3N2O2S. The number of anilines is 2. The molecule has 0 aromatic heterocycles. The molecule has 34 heavy (non-hydrogen) atoms. The Labute approximate surface area is 204 Å². The van der Waals surface area contributed by atoms with E-state index in [1.54, 1.807) is 49.4 Å². The summed E-state index contributed by atoms with van der Waals surface area (Å²) in [5, 5.41) is 4.48. The lowest BCUT2D eigenvalue weighted by atomic mass is 10.1. The third-order valence-electron chi connectivity index (χ3n) is 4.86. The van der Waals surface area contributed by atoms with Crippen LogP contribution in [-0.4, -0.2) is 17.1 Å². The van der Waals surface area contributed by atoms with Crippen molar-refractivity contribution in [3.63, 3.8) is 0 Å². The van der Waals surface area contributed by atoms with E-state index in [0.29, 0.717) is 22.6 Å². The van der Waals surface area contributed by atoms with Crippen LogP contribution in [-0.2, 0) is 11.0 Å². The van der Waals surface area contributed by atoms with Crippen LogP contribution in [0.15, 0.2) is 71.6 Å². The van der Waals surface area contributed by atoms with Gasteiger partial charge in [-0.15, -0.1) is 11.8 Å². The molecule has 0 spiro atoms. The summed E-state index contributed by atoms with van der Waals surface area (Å²) in [4.78, 5) is 26.0. The molecule has 2 N–H and O–H groups in total. The average molecular weight is 507 g/mol. The number of amides is 2. The van der Waals surface area contributed by atoms with E-state index in [2.05, 4.69) is 10.6 Å². The highest BCUT2D eigenvalue weighted by molar-refractivity contribution is 8.00. The Morgan fingerprint density at radius 3 is 2.41 bits per heavy atom. The highest BCUT2D eigenvalue weighted by Crippen LogP contribution is 2.37. The molecule has 4 nitrogen and oxygen atoms in total. The van der Waals surface area contributed by atoms with E-state index in [4.69, 9.17) is 11.6 Å². The van der Waals surface area contributed by atoms with Gasteiger partial charge in [0.25, 0.3) is 5.91 Å². The Hall–Kier alpha value is -2.97. The summed E-state index contributed by atoms with van der Waals surface area (Å²) >= 11 is 6.91. The molecule has 0 radical (unpaired) electrons. The quantitative estimate of drug-likeness (QED) is 0.328. The van der Waals surface area contributed by atoms with Crippen LogP contribution in [0.5, 0.6) is 0 Å². The SMILES string of the molecule is CCC(Sc1cccc(NC(=O)c2cccc(C)c2)c1)C(=O)Nc1ccc(Cl)cc1C(F)(F)F. The van der Waals surface area contributed by atoms with Crippen molar-refractivity contribution in [1.82, 2.24) is 0 Å². The van der Waals surface area contributed by atoms with Crippen LogP contribution in [0, 0.1) is 6.92 Å². The lowest BCUT2D eigenvalue weighted by Gasteiger charge is -2.18. The maximum Gasteiger partial charge on any atom is 0.418 e. The van der Waals surface area contributed by atoms with Crippen molar-refractivity contribution >= 4 is 46.6 Å². The summed E-state index contributed by atoms with van der Waals surface area (Å²) < 4.78 is 40.1. The first-order valence-corrected chi connectivity index (χ1v) is 11.6. The maximum atomic E-state index is 13.4. The Morgan fingerprint density at radius 2 is 1.74 bits per heavy atom. The predicted octanol–water partition coefficient (Wildman–Crippen LogP) is 7.43. The van der Waals surface area contributed by atoms with E-state index in [1.807, 2.05) is 13.0 Å². The van der Waals surface area contributed by atoms with E-state index in [9.17, 15) is 22.8 Å². The molecule has 3 rings (SSSR count). The van der Waals surface area contributed by atoms with E-state index >= 15 is 0 Å². The van der Waals surface area contributed by atoms with Gasteiger partial charge in [0, 0.05) is 21.2 Å². The molecule has 0 saturated carbocycles. The minimum absolute atomic E-state index is 0.0729. The molecule has 0 heterocycles. The monoisotopic (exact) mass is 506 g/mol. The maximum absolute atomic E-state index is 13.4. The highest BCUT2D eigenvalue weighted by atomic mass is 35.5. The number of hydrogen-bond acceptors (Lipinski definition) is 3. The molecule has 2 amide bonds. The van der Waals surface area contributed by atoms with Gasteiger partial charge >= 0.3 is 6.18 Å². The number of aryl methyl sites for hydroxylation is 1. The van der Waals surface area contributed by atoms with E-state index in [-0.39, 0.29) is 16.6 Å². The van der Waals surface area contributed by atoms with Crippen LogP contribution in [0.2, 0.25) is 5.02 Å². The molecule has 0 bridgehead atoms. The van der Waals surface area contributed by atoms with Crippen molar-refractivity contribution in [2.24, 2.45) is 0 Å². The fraction of sp³-hybridized carbons (Fsp3) is 0.200. The molecule has 1 unspecified atom stereocenters. The molecule has 0 saturated heterocycles. The third-order valence-corrected chi connectivity index (χ3v) is 6.45. The Balaban J connectivity index is 1.72. The van der Waals surface area contributed by atoms with Crippen LogP contribution in [0.3, 0.4) is 0 Å². The summed E-state index contributed by atoms with van der Waals surface area (Å²) in [6, 6.07) is 17.3. The summed E-state index contributed by atoms with van der Waals surface area (Å²) in [5.74, 6) is -0.826. The topological polar surface area (TPSA) is 58.2 Å². The van der Waals surface area contributed by atoms with Crippen LogP contribution in [0.4, 0.5) is 24.5 Å². The molecule has 0 aliphatic rings. The number of benzene rings is 3. The highest BCUT2D eigenvalue weighted by Gasteiger charge is 2.34.